The van der Waals surface area contributed by atoms with E-state index in [4.69, 9.17) is 4.74 Å². The number of pyridine rings is 1. The van der Waals surface area contributed by atoms with Crippen LogP contribution in [-0.2, 0) is 17.8 Å². The third-order valence-corrected chi connectivity index (χ3v) is 5.02. The largest absolute Gasteiger partial charge is 0.494 e. The minimum absolute atomic E-state index is 0.0101. The molecule has 3 aromatic rings. The van der Waals surface area contributed by atoms with Gasteiger partial charge in [-0.25, -0.2) is 4.98 Å². The van der Waals surface area contributed by atoms with E-state index in [1.165, 1.54) is 5.56 Å². The first-order valence-corrected chi connectivity index (χ1v) is 9.96. The smallest absolute Gasteiger partial charge is 0.220 e. The normalized spacial score (nSPS) is 10.6. The van der Waals surface area contributed by atoms with Crippen molar-refractivity contribution in [2.24, 2.45) is 0 Å². The Morgan fingerprint density at radius 3 is 2.81 bits per heavy atom. The zero-order valence-corrected chi connectivity index (χ0v) is 16.2. The van der Waals surface area contributed by atoms with E-state index in [0.717, 1.165) is 28.4 Å². The molecule has 0 radical (unpaired) electrons. The van der Waals surface area contributed by atoms with E-state index in [9.17, 15) is 4.79 Å². The standard InChI is InChI=1S/C21H23N3O2S/c1-2-16-7-9-19(10-8-16)26-12-4-6-20(25)23-14-18-15-27-21(24-18)17-5-3-11-22-13-17/h3,5,7-11,13,15H,2,4,6,12,14H2,1H3,(H,23,25). The van der Waals surface area contributed by atoms with E-state index in [1.54, 1.807) is 23.7 Å². The Labute approximate surface area is 163 Å². The van der Waals surface area contributed by atoms with Gasteiger partial charge >= 0.3 is 0 Å². The Kier molecular flexibility index (Phi) is 6.93. The maximum atomic E-state index is 12.0. The van der Waals surface area contributed by atoms with Gasteiger partial charge in [0.1, 0.15) is 10.8 Å². The molecule has 1 amide bonds. The predicted octanol–water partition coefficient (Wildman–Crippen LogP) is 4.24. The number of ether oxygens (including phenoxy) is 1. The Hall–Kier alpha value is -2.73. The quantitative estimate of drug-likeness (QED) is 0.563. The van der Waals surface area contributed by atoms with Crippen LogP contribution < -0.4 is 10.1 Å². The zero-order chi connectivity index (χ0) is 18.9. The number of thiazole rings is 1. The molecular weight excluding hydrogens is 358 g/mol. The van der Waals surface area contributed by atoms with E-state index < -0.39 is 0 Å². The van der Waals surface area contributed by atoms with Crippen LogP contribution in [0.3, 0.4) is 0 Å². The highest BCUT2D eigenvalue weighted by atomic mass is 32.1. The number of hydrogen-bond donors (Lipinski definition) is 1. The first kappa shape index (κ1) is 19.0. The van der Waals surface area contributed by atoms with Crippen molar-refractivity contribution in [3.63, 3.8) is 0 Å². The van der Waals surface area contributed by atoms with Gasteiger partial charge in [-0.05, 0) is 42.7 Å². The maximum Gasteiger partial charge on any atom is 0.220 e. The second-order valence-electron chi connectivity index (χ2n) is 6.11. The monoisotopic (exact) mass is 381 g/mol. The van der Waals surface area contributed by atoms with Gasteiger partial charge in [0, 0.05) is 29.8 Å². The number of hydrogen-bond acceptors (Lipinski definition) is 5. The summed E-state index contributed by atoms with van der Waals surface area (Å²) >= 11 is 1.55. The number of nitrogens with one attached hydrogen (secondary N) is 1. The van der Waals surface area contributed by atoms with Crippen LogP contribution in [0, 0.1) is 0 Å². The molecule has 1 aromatic carbocycles. The van der Waals surface area contributed by atoms with Crippen molar-refractivity contribution in [3.8, 4) is 16.3 Å². The lowest BCUT2D eigenvalue weighted by atomic mass is 10.2. The molecular formula is C21H23N3O2S. The first-order chi connectivity index (χ1) is 13.2. The number of rotatable bonds is 9. The van der Waals surface area contributed by atoms with Gasteiger partial charge in [0.2, 0.25) is 5.91 Å². The molecule has 2 heterocycles. The summed E-state index contributed by atoms with van der Waals surface area (Å²) < 4.78 is 5.67. The Morgan fingerprint density at radius 2 is 2.07 bits per heavy atom. The van der Waals surface area contributed by atoms with Gasteiger partial charge in [0.05, 0.1) is 18.8 Å². The van der Waals surface area contributed by atoms with Crippen LogP contribution in [0.2, 0.25) is 0 Å². The van der Waals surface area contributed by atoms with Crippen molar-refractivity contribution in [1.29, 1.82) is 0 Å². The molecule has 0 saturated heterocycles. The molecule has 6 heteroatoms. The van der Waals surface area contributed by atoms with Crippen molar-refractivity contribution in [2.75, 3.05) is 6.61 Å². The second kappa shape index (κ2) is 9.83. The van der Waals surface area contributed by atoms with Crippen LogP contribution >= 0.6 is 11.3 Å². The maximum absolute atomic E-state index is 12.0. The SMILES string of the molecule is CCc1ccc(OCCCC(=O)NCc2csc(-c3cccnc3)n2)cc1. The van der Waals surface area contributed by atoms with Crippen LogP contribution in [0.15, 0.2) is 54.2 Å². The number of aromatic nitrogens is 2. The summed E-state index contributed by atoms with van der Waals surface area (Å²) in [6.45, 7) is 3.09. The number of benzene rings is 1. The fourth-order valence-corrected chi connectivity index (χ4v) is 3.34. The minimum atomic E-state index is 0.0101. The van der Waals surface area contributed by atoms with Gasteiger partial charge in [-0.2, -0.15) is 0 Å². The summed E-state index contributed by atoms with van der Waals surface area (Å²) in [7, 11) is 0. The van der Waals surface area contributed by atoms with Crippen LogP contribution in [0.1, 0.15) is 31.0 Å². The van der Waals surface area contributed by atoms with Crippen LogP contribution in [0.25, 0.3) is 10.6 Å². The molecule has 27 heavy (non-hydrogen) atoms. The Balaban J connectivity index is 1.35. The summed E-state index contributed by atoms with van der Waals surface area (Å²) in [5.41, 5.74) is 3.14. The molecule has 0 aliphatic heterocycles. The highest BCUT2D eigenvalue weighted by Gasteiger charge is 2.07. The van der Waals surface area contributed by atoms with Gasteiger partial charge in [0.15, 0.2) is 0 Å². The van der Waals surface area contributed by atoms with Crippen molar-refractivity contribution in [1.82, 2.24) is 15.3 Å². The molecule has 0 bridgehead atoms. The molecule has 1 N–H and O–H groups in total. The number of carbonyl (C=O) groups excluding carboxylic acids is 1. The van der Waals surface area contributed by atoms with Gasteiger partial charge in [-0.3, -0.25) is 9.78 Å². The Bertz CT molecular complexity index is 847. The molecule has 0 aliphatic carbocycles. The summed E-state index contributed by atoms with van der Waals surface area (Å²) in [5.74, 6) is 0.855. The predicted molar refractivity (Wildman–Crippen MR) is 108 cm³/mol. The molecule has 0 saturated carbocycles. The first-order valence-electron chi connectivity index (χ1n) is 9.08. The average Bonchev–Trinajstić information content (AvgIpc) is 3.20. The van der Waals surface area contributed by atoms with Crippen molar-refractivity contribution in [3.05, 3.63) is 65.4 Å². The fourth-order valence-electron chi connectivity index (χ4n) is 2.53. The molecule has 5 nitrogen and oxygen atoms in total. The van der Waals surface area contributed by atoms with Crippen molar-refractivity contribution >= 4 is 17.2 Å². The lowest BCUT2D eigenvalue weighted by molar-refractivity contribution is -0.121. The summed E-state index contributed by atoms with van der Waals surface area (Å²) in [5, 5.41) is 5.79. The summed E-state index contributed by atoms with van der Waals surface area (Å²) in [4.78, 5) is 20.6. The van der Waals surface area contributed by atoms with E-state index in [0.29, 0.717) is 26.0 Å². The minimum Gasteiger partial charge on any atom is -0.494 e. The van der Waals surface area contributed by atoms with Gasteiger partial charge < -0.3 is 10.1 Å². The topological polar surface area (TPSA) is 64.1 Å². The van der Waals surface area contributed by atoms with Gasteiger partial charge in [0.25, 0.3) is 0 Å². The molecule has 0 atom stereocenters. The molecule has 0 spiro atoms. The lowest BCUT2D eigenvalue weighted by Gasteiger charge is -2.07. The molecule has 0 unspecified atom stereocenters. The zero-order valence-electron chi connectivity index (χ0n) is 15.4. The molecule has 0 fully saturated rings. The Morgan fingerprint density at radius 1 is 1.22 bits per heavy atom. The second-order valence-corrected chi connectivity index (χ2v) is 6.97. The van der Waals surface area contributed by atoms with E-state index in [-0.39, 0.29) is 5.91 Å². The van der Waals surface area contributed by atoms with E-state index in [1.807, 2.05) is 29.6 Å². The van der Waals surface area contributed by atoms with Crippen LogP contribution in [0.5, 0.6) is 5.75 Å². The number of carbonyl (C=O) groups is 1. The highest BCUT2D eigenvalue weighted by Crippen LogP contribution is 2.22. The number of aryl methyl sites for hydroxylation is 1. The summed E-state index contributed by atoms with van der Waals surface area (Å²) in [6.07, 6.45) is 5.66. The van der Waals surface area contributed by atoms with Crippen molar-refractivity contribution < 1.29 is 9.53 Å². The van der Waals surface area contributed by atoms with Gasteiger partial charge in [-0.1, -0.05) is 19.1 Å². The number of amides is 1. The fraction of sp³-hybridized carbons (Fsp3) is 0.286. The van der Waals surface area contributed by atoms with E-state index in [2.05, 4.69) is 34.3 Å². The van der Waals surface area contributed by atoms with Crippen LogP contribution in [0.4, 0.5) is 0 Å². The molecule has 0 aliphatic rings. The van der Waals surface area contributed by atoms with Crippen LogP contribution in [-0.4, -0.2) is 22.5 Å². The molecule has 2 aromatic heterocycles. The molecule has 140 valence electrons. The highest BCUT2D eigenvalue weighted by molar-refractivity contribution is 7.13. The third-order valence-electron chi connectivity index (χ3n) is 4.08. The lowest BCUT2D eigenvalue weighted by Crippen LogP contribution is -2.23. The third kappa shape index (κ3) is 5.89. The van der Waals surface area contributed by atoms with E-state index >= 15 is 0 Å². The number of nitrogens with zero attached hydrogens (tertiary/aromatic N) is 2. The molecule has 3 rings (SSSR count). The average molecular weight is 382 g/mol. The summed E-state index contributed by atoms with van der Waals surface area (Å²) in [6, 6.07) is 11.9. The van der Waals surface area contributed by atoms with Crippen molar-refractivity contribution in [2.45, 2.75) is 32.7 Å². The van der Waals surface area contributed by atoms with Gasteiger partial charge in [-0.15, -0.1) is 11.3 Å².